The number of rotatable bonds is 6. The van der Waals surface area contributed by atoms with Crippen molar-refractivity contribution in [3.63, 3.8) is 0 Å². The third kappa shape index (κ3) is 3.33. The fourth-order valence-electron chi connectivity index (χ4n) is 2.66. The van der Waals surface area contributed by atoms with Gasteiger partial charge < -0.3 is 9.47 Å². The molecular formula is C18H23NO4S. The van der Waals surface area contributed by atoms with Crippen molar-refractivity contribution in [1.29, 1.82) is 0 Å². The van der Waals surface area contributed by atoms with Crippen molar-refractivity contribution in [2.45, 2.75) is 25.7 Å². The molecule has 2 aromatic carbocycles. The van der Waals surface area contributed by atoms with E-state index in [-0.39, 0.29) is 4.90 Å². The van der Waals surface area contributed by atoms with Crippen molar-refractivity contribution in [3.8, 4) is 11.5 Å². The summed E-state index contributed by atoms with van der Waals surface area (Å²) >= 11 is 0. The van der Waals surface area contributed by atoms with E-state index in [9.17, 15) is 8.42 Å². The molecule has 0 saturated heterocycles. The third-order valence-corrected chi connectivity index (χ3v) is 5.74. The molecule has 0 saturated carbocycles. The van der Waals surface area contributed by atoms with E-state index < -0.39 is 10.0 Å². The number of sulfonamides is 1. The molecule has 2 aromatic rings. The van der Waals surface area contributed by atoms with Gasteiger partial charge in [0.05, 0.1) is 24.8 Å². The van der Waals surface area contributed by atoms with Gasteiger partial charge in [-0.15, -0.1) is 0 Å². The van der Waals surface area contributed by atoms with Crippen molar-refractivity contribution in [3.05, 3.63) is 47.5 Å². The van der Waals surface area contributed by atoms with Gasteiger partial charge in [0.2, 0.25) is 0 Å². The lowest BCUT2D eigenvalue weighted by Crippen LogP contribution is -2.31. The second-order valence-electron chi connectivity index (χ2n) is 5.48. The average molecular weight is 349 g/mol. The molecule has 0 bridgehead atoms. The highest BCUT2D eigenvalue weighted by molar-refractivity contribution is 7.92. The van der Waals surface area contributed by atoms with Crippen LogP contribution in [0.3, 0.4) is 0 Å². The molecule has 0 aromatic heterocycles. The lowest BCUT2D eigenvalue weighted by atomic mass is 10.1. The molecule has 0 fully saturated rings. The predicted molar refractivity (Wildman–Crippen MR) is 95.7 cm³/mol. The Labute approximate surface area is 143 Å². The fourth-order valence-corrected chi connectivity index (χ4v) is 4.21. The molecule has 2 rings (SSSR count). The third-order valence-electron chi connectivity index (χ3n) is 3.85. The van der Waals surface area contributed by atoms with Crippen LogP contribution in [0.15, 0.2) is 41.3 Å². The Morgan fingerprint density at radius 2 is 1.62 bits per heavy atom. The number of ether oxygens (including phenoxy) is 2. The van der Waals surface area contributed by atoms with Crippen LogP contribution in [0.5, 0.6) is 11.5 Å². The van der Waals surface area contributed by atoms with Gasteiger partial charge in [0, 0.05) is 12.6 Å². The lowest BCUT2D eigenvalue weighted by molar-refractivity contribution is 0.354. The summed E-state index contributed by atoms with van der Waals surface area (Å²) in [5.74, 6) is 0.876. The topological polar surface area (TPSA) is 55.8 Å². The number of benzene rings is 2. The molecule has 0 aliphatic carbocycles. The molecule has 24 heavy (non-hydrogen) atoms. The summed E-state index contributed by atoms with van der Waals surface area (Å²) in [7, 11) is -0.703. The Kier molecular flexibility index (Phi) is 5.39. The molecule has 6 heteroatoms. The van der Waals surface area contributed by atoms with E-state index in [0.29, 0.717) is 23.7 Å². The van der Waals surface area contributed by atoms with Gasteiger partial charge in [0.15, 0.2) is 11.5 Å². The molecule has 0 radical (unpaired) electrons. The van der Waals surface area contributed by atoms with Crippen LogP contribution in [-0.4, -0.2) is 29.2 Å². The first kappa shape index (κ1) is 18.1. The van der Waals surface area contributed by atoms with Crippen LogP contribution < -0.4 is 13.8 Å². The quantitative estimate of drug-likeness (QED) is 0.800. The molecule has 0 aliphatic rings. The number of aryl methyl sites for hydroxylation is 2. The van der Waals surface area contributed by atoms with Gasteiger partial charge in [-0.1, -0.05) is 17.7 Å². The average Bonchev–Trinajstić information content (AvgIpc) is 2.56. The predicted octanol–water partition coefficient (Wildman–Crippen LogP) is 3.54. The lowest BCUT2D eigenvalue weighted by Gasteiger charge is -2.25. The minimum atomic E-state index is -3.70. The van der Waals surface area contributed by atoms with Gasteiger partial charge >= 0.3 is 0 Å². The molecular weight excluding hydrogens is 326 g/mol. The molecule has 0 unspecified atom stereocenters. The SMILES string of the molecule is CCN(c1ccc(C)cc1C)S(=O)(=O)c1ccc(OC)c(OC)c1. The molecule has 5 nitrogen and oxygen atoms in total. The van der Waals surface area contributed by atoms with Gasteiger partial charge in [0.1, 0.15) is 0 Å². The van der Waals surface area contributed by atoms with Crippen molar-refractivity contribution in [2.75, 3.05) is 25.1 Å². The maximum Gasteiger partial charge on any atom is 0.264 e. The van der Waals surface area contributed by atoms with Gasteiger partial charge in [-0.3, -0.25) is 4.31 Å². The smallest absolute Gasteiger partial charge is 0.264 e. The number of methoxy groups -OCH3 is 2. The summed E-state index contributed by atoms with van der Waals surface area (Å²) in [5, 5.41) is 0. The molecule has 130 valence electrons. The summed E-state index contributed by atoms with van der Waals surface area (Å²) in [6, 6.07) is 10.3. The second-order valence-corrected chi connectivity index (χ2v) is 7.34. The monoisotopic (exact) mass is 349 g/mol. The van der Waals surface area contributed by atoms with Crippen LogP contribution in [0, 0.1) is 13.8 Å². The first-order chi connectivity index (χ1) is 11.3. The summed E-state index contributed by atoms with van der Waals surface area (Å²) in [6.45, 7) is 6.04. The van der Waals surface area contributed by atoms with E-state index in [0.717, 1.165) is 11.1 Å². The molecule has 0 spiro atoms. The first-order valence-electron chi connectivity index (χ1n) is 7.67. The van der Waals surface area contributed by atoms with Gasteiger partial charge in [-0.05, 0) is 44.5 Å². The van der Waals surface area contributed by atoms with Crippen molar-refractivity contribution in [1.82, 2.24) is 0 Å². The number of hydrogen-bond donors (Lipinski definition) is 0. The van der Waals surface area contributed by atoms with E-state index >= 15 is 0 Å². The van der Waals surface area contributed by atoms with Crippen molar-refractivity contribution < 1.29 is 17.9 Å². The normalized spacial score (nSPS) is 11.2. The number of nitrogens with zero attached hydrogens (tertiary/aromatic N) is 1. The van der Waals surface area contributed by atoms with Crippen molar-refractivity contribution >= 4 is 15.7 Å². The van der Waals surface area contributed by atoms with Gasteiger partial charge in [0.25, 0.3) is 10.0 Å². The highest BCUT2D eigenvalue weighted by Gasteiger charge is 2.26. The zero-order valence-electron chi connectivity index (χ0n) is 14.7. The summed E-state index contributed by atoms with van der Waals surface area (Å²) in [5.41, 5.74) is 2.69. The minimum Gasteiger partial charge on any atom is -0.493 e. The Bertz CT molecular complexity index is 831. The molecule has 0 N–H and O–H groups in total. The summed E-state index contributed by atoms with van der Waals surface area (Å²) in [6.07, 6.45) is 0. The van der Waals surface area contributed by atoms with E-state index in [2.05, 4.69) is 0 Å². The first-order valence-corrected chi connectivity index (χ1v) is 9.11. The van der Waals surface area contributed by atoms with Crippen LogP contribution in [0.4, 0.5) is 5.69 Å². The zero-order chi connectivity index (χ0) is 17.9. The van der Waals surface area contributed by atoms with Gasteiger partial charge in [-0.2, -0.15) is 0 Å². The Morgan fingerprint density at radius 3 is 2.17 bits per heavy atom. The summed E-state index contributed by atoms with van der Waals surface area (Å²) < 4.78 is 38.0. The van der Waals surface area contributed by atoms with E-state index in [1.165, 1.54) is 30.7 Å². The van der Waals surface area contributed by atoms with E-state index in [4.69, 9.17) is 9.47 Å². The Balaban J connectivity index is 2.54. The number of hydrogen-bond acceptors (Lipinski definition) is 4. The minimum absolute atomic E-state index is 0.168. The van der Waals surface area contributed by atoms with Crippen LogP contribution in [0.1, 0.15) is 18.1 Å². The maximum absolute atomic E-state index is 13.1. The van der Waals surface area contributed by atoms with Gasteiger partial charge in [-0.25, -0.2) is 8.42 Å². The molecule has 0 amide bonds. The van der Waals surface area contributed by atoms with Crippen molar-refractivity contribution in [2.24, 2.45) is 0 Å². The zero-order valence-corrected chi connectivity index (χ0v) is 15.5. The highest BCUT2D eigenvalue weighted by atomic mass is 32.2. The van der Waals surface area contributed by atoms with Crippen LogP contribution >= 0.6 is 0 Å². The number of anilines is 1. The maximum atomic E-state index is 13.1. The van der Waals surface area contributed by atoms with Crippen LogP contribution in [0.2, 0.25) is 0 Å². The largest absolute Gasteiger partial charge is 0.493 e. The van der Waals surface area contributed by atoms with E-state index in [1.54, 1.807) is 6.07 Å². The molecule has 0 atom stereocenters. The van der Waals surface area contributed by atoms with Crippen LogP contribution in [-0.2, 0) is 10.0 Å². The standard InChI is InChI=1S/C18H23NO4S/c1-6-19(16-9-7-13(2)11-14(16)3)24(20,21)15-8-10-17(22-4)18(12-15)23-5/h7-12H,6H2,1-5H3. The Morgan fingerprint density at radius 1 is 0.958 bits per heavy atom. The highest BCUT2D eigenvalue weighted by Crippen LogP contribution is 2.33. The summed E-state index contributed by atoms with van der Waals surface area (Å²) in [4.78, 5) is 0.168. The second kappa shape index (κ2) is 7.13. The van der Waals surface area contributed by atoms with E-state index in [1.807, 2.05) is 39.0 Å². The van der Waals surface area contributed by atoms with Crippen LogP contribution in [0.25, 0.3) is 0 Å². The Hall–Kier alpha value is -2.21. The molecule has 0 heterocycles. The molecule has 0 aliphatic heterocycles. The fraction of sp³-hybridized carbons (Fsp3) is 0.333.